The lowest BCUT2D eigenvalue weighted by atomic mass is 10.2. The highest BCUT2D eigenvalue weighted by Crippen LogP contribution is 2.33. The molecule has 4 aromatic rings. The van der Waals surface area contributed by atoms with Crippen LogP contribution in [-0.2, 0) is 0 Å². The number of aryl methyl sites for hydroxylation is 2. The number of rotatable bonds is 7. The molecule has 7 nitrogen and oxygen atoms in total. The zero-order valence-electron chi connectivity index (χ0n) is 16.1. The van der Waals surface area contributed by atoms with Crippen LogP contribution in [0.1, 0.15) is 24.3 Å². The van der Waals surface area contributed by atoms with Crippen molar-refractivity contribution in [3.63, 3.8) is 0 Å². The third kappa shape index (κ3) is 3.19. The summed E-state index contributed by atoms with van der Waals surface area (Å²) in [4.78, 5) is 14.2. The van der Waals surface area contributed by atoms with Crippen molar-refractivity contribution in [3.8, 4) is 11.6 Å². The molecule has 142 valence electrons. The topological polar surface area (TPSA) is 71.5 Å². The summed E-state index contributed by atoms with van der Waals surface area (Å²) in [6.45, 7) is 12.4. The van der Waals surface area contributed by atoms with Crippen molar-refractivity contribution in [2.45, 2.75) is 27.7 Å². The van der Waals surface area contributed by atoms with Gasteiger partial charge in [-0.3, -0.25) is 0 Å². The SMILES string of the molecule is CCN(CC)CCNc1nc2sc(C)c(C)c2c2nc(-c3ccco3)nn12. The van der Waals surface area contributed by atoms with Crippen molar-refractivity contribution in [2.24, 2.45) is 0 Å². The Morgan fingerprint density at radius 3 is 2.74 bits per heavy atom. The molecule has 1 N–H and O–H groups in total. The zero-order valence-corrected chi connectivity index (χ0v) is 16.9. The zero-order chi connectivity index (χ0) is 19.0. The largest absolute Gasteiger partial charge is 0.461 e. The molecule has 4 heterocycles. The van der Waals surface area contributed by atoms with E-state index in [4.69, 9.17) is 14.4 Å². The molecule has 0 aliphatic carbocycles. The standard InChI is InChI=1S/C19H24N6OS/c1-5-24(6-2)10-9-20-19-22-18-15(12(3)13(4)27-18)17-21-16(23-25(17)19)14-8-7-11-26-14/h7-8,11H,5-6,9-10H2,1-4H3,(H,20,22). The molecule has 0 atom stereocenters. The Hall–Kier alpha value is -2.45. The minimum absolute atomic E-state index is 0.573. The summed E-state index contributed by atoms with van der Waals surface area (Å²) in [6.07, 6.45) is 1.64. The molecule has 0 saturated carbocycles. The number of fused-ring (bicyclic) bond motifs is 3. The van der Waals surface area contributed by atoms with Crippen molar-refractivity contribution < 1.29 is 4.42 Å². The number of nitrogens with zero attached hydrogens (tertiary/aromatic N) is 5. The van der Waals surface area contributed by atoms with Gasteiger partial charge in [0, 0.05) is 18.0 Å². The van der Waals surface area contributed by atoms with Crippen molar-refractivity contribution in [1.82, 2.24) is 24.5 Å². The number of anilines is 1. The summed E-state index contributed by atoms with van der Waals surface area (Å²) >= 11 is 1.70. The minimum Gasteiger partial charge on any atom is -0.461 e. The van der Waals surface area contributed by atoms with Crippen molar-refractivity contribution in [1.29, 1.82) is 0 Å². The van der Waals surface area contributed by atoms with E-state index in [2.05, 4.69) is 43.0 Å². The first-order valence-corrected chi connectivity index (χ1v) is 10.1. The predicted octanol–water partition coefficient (Wildman–Crippen LogP) is 3.97. The Balaban J connectivity index is 1.79. The van der Waals surface area contributed by atoms with Crippen molar-refractivity contribution in [2.75, 3.05) is 31.5 Å². The molecule has 0 fully saturated rings. The summed E-state index contributed by atoms with van der Waals surface area (Å²) in [6, 6.07) is 3.72. The molecule has 4 aromatic heterocycles. The smallest absolute Gasteiger partial charge is 0.227 e. The van der Waals surface area contributed by atoms with Crippen LogP contribution >= 0.6 is 11.3 Å². The summed E-state index contributed by atoms with van der Waals surface area (Å²) in [5.41, 5.74) is 2.03. The molecule has 0 radical (unpaired) electrons. The predicted molar refractivity (Wildman–Crippen MR) is 110 cm³/mol. The third-order valence-corrected chi connectivity index (χ3v) is 6.05. The van der Waals surface area contributed by atoms with Crippen molar-refractivity contribution in [3.05, 3.63) is 28.8 Å². The summed E-state index contributed by atoms with van der Waals surface area (Å²) in [5, 5.41) is 9.19. The first-order chi connectivity index (χ1) is 13.1. The van der Waals surface area contributed by atoms with Crippen LogP contribution in [0.25, 0.3) is 27.4 Å². The van der Waals surface area contributed by atoms with Crippen molar-refractivity contribution >= 4 is 33.1 Å². The van der Waals surface area contributed by atoms with Crippen LogP contribution in [0.2, 0.25) is 0 Å². The molecule has 0 saturated heterocycles. The molecule has 0 amide bonds. The Morgan fingerprint density at radius 2 is 2.04 bits per heavy atom. The highest BCUT2D eigenvalue weighted by atomic mass is 32.1. The first-order valence-electron chi connectivity index (χ1n) is 9.29. The van der Waals surface area contributed by atoms with E-state index in [0.717, 1.165) is 48.0 Å². The Morgan fingerprint density at radius 1 is 1.22 bits per heavy atom. The molecular formula is C19H24N6OS. The molecule has 0 unspecified atom stereocenters. The number of likely N-dealkylation sites (N-methyl/N-ethyl adjacent to an activating group) is 1. The van der Waals surface area contributed by atoms with Crippen LogP contribution in [0.5, 0.6) is 0 Å². The van der Waals surface area contributed by atoms with Crippen LogP contribution < -0.4 is 5.32 Å². The number of hydrogen-bond donors (Lipinski definition) is 1. The first kappa shape index (κ1) is 17.9. The lowest BCUT2D eigenvalue weighted by Gasteiger charge is -2.18. The molecule has 0 aliphatic heterocycles. The van der Waals surface area contributed by atoms with E-state index in [1.54, 1.807) is 17.6 Å². The van der Waals surface area contributed by atoms with E-state index < -0.39 is 0 Å². The van der Waals surface area contributed by atoms with Gasteiger partial charge in [0.15, 0.2) is 11.4 Å². The van der Waals surface area contributed by atoms with E-state index in [9.17, 15) is 0 Å². The van der Waals surface area contributed by atoms with Gasteiger partial charge in [0.25, 0.3) is 0 Å². The summed E-state index contributed by atoms with van der Waals surface area (Å²) in [5.74, 6) is 1.95. The molecule has 0 aromatic carbocycles. The lowest BCUT2D eigenvalue weighted by Crippen LogP contribution is -2.29. The summed E-state index contributed by atoms with van der Waals surface area (Å²) in [7, 11) is 0. The maximum absolute atomic E-state index is 5.49. The van der Waals surface area contributed by atoms with Gasteiger partial charge in [0.2, 0.25) is 11.8 Å². The number of hydrogen-bond acceptors (Lipinski definition) is 7. The number of aromatic nitrogens is 4. The monoisotopic (exact) mass is 384 g/mol. The fourth-order valence-corrected chi connectivity index (χ4v) is 4.23. The number of nitrogens with one attached hydrogen (secondary N) is 1. The second kappa shape index (κ2) is 7.28. The quantitative estimate of drug-likeness (QED) is 0.520. The second-order valence-corrected chi connectivity index (χ2v) is 7.70. The maximum atomic E-state index is 5.49. The normalized spacial score (nSPS) is 11.9. The third-order valence-electron chi connectivity index (χ3n) is 4.95. The molecule has 0 aliphatic rings. The van der Waals surface area contributed by atoms with E-state index in [-0.39, 0.29) is 0 Å². The molecule has 4 rings (SSSR count). The van der Waals surface area contributed by atoms with Gasteiger partial charge < -0.3 is 14.6 Å². The highest BCUT2D eigenvalue weighted by Gasteiger charge is 2.19. The maximum Gasteiger partial charge on any atom is 0.227 e. The summed E-state index contributed by atoms with van der Waals surface area (Å²) < 4.78 is 7.30. The molecule has 8 heteroatoms. The van der Waals surface area contributed by atoms with Crippen LogP contribution in [0.3, 0.4) is 0 Å². The van der Waals surface area contributed by atoms with Gasteiger partial charge in [-0.1, -0.05) is 13.8 Å². The van der Waals surface area contributed by atoms with E-state index in [1.807, 2.05) is 16.6 Å². The van der Waals surface area contributed by atoms with Crippen LogP contribution in [0.4, 0.5) is 5.95 Å². The molecule has 0 bridgehead atoms. The van der Waals surface area contributed by atoms with Gasteiger partial charge in [-0.05, 0) is 44.6 Å². The van der Waals surface area contributed by atoms with Gasteiger partial charge in [0.1, 0.15) is 4.83 Å². The van der Waals surface area contributed by atoms with Gasteiger partial charge in [-0.2, -0.15) is 4.52 Å². The van der Waals surface area contributed by atoms with Gasteiger partial charge in [-0.25, -0.2) is 9.97 Å². The van der Waals surface area contributed by atoms with Crippen LogP contribution in [0.15, 0.2) is 22.8 Å². The van der Waals surface area contributed by atoms with Crippen LogP contribution in [0, 0.1) is 13.8 Å². The Kier molecular flexibility index (Phi) is 4.84. The molecular weight excluding hydrogens is 360 g/mol. The fourth-order valence-electron chi connectivity index (χ4n) is 3.21. The highest BCUT2D eigenvalue weighted by molar-refractivity contribution is 7.18. The minimum atomic E-state index is 0.573. The van der Waals surface area contributed by atoms with Crippen LogP contribution in [-0.4, -0.2) is 50.7 Å². The number of thiophene rings is 1. The average Bonchev–Trinajstić information content (AvgIpc) is 3.38. The van der Waals surface area contributed by atoms with Gasteiger partial charge >= 0.3 is 0 Å². The second-order valence-electron chi connectivity index (χ2n) is 6.50. The number of furan rings is 1. The fraction of sp³-hybridized carbons (Fsp3) is 0.421. The molecule has 0 spiro atoms. The van der Waals surface area contributed by atoms with E-state index in [0.29, 0.717) is 11.6 Å². The van der Waals surface area contributed by atoms with Gasteiger partial charge in [-0.15, -0.1) is 16.4 Å². The van der Waals surface area contributed by atoms with E-state index in [1.165, 1.54) is 10.4 Å². The van der Waals surface area contributed by atoms with E-state index >= 15 is 0 Å². The Labute approximate surface area is 162 Å². The average molecular weight is 385 g/mol. The van der Waals surface area contributed by atoms with Gasteiger partial charge in [0.05, 0.1) is 11.6 Å². The molecule has 27 heavy (non-hydrogen) atoms. The lowest BCUT2D eigenvalue weighted by molar-refractivity contribution is 0.315. The Bertz CT molecular complexity index is 1060.